The van der Waals surface area contributed by atoms with E-state index in [0.29, 0.717) is 0 Å². The van der Waals surface area contributed by atoms with Gasteiger partial charge >= 0.3 is 0 Å². The van der Waals surface area contributed by atoms with Crippen molar-refractivity contribution in [1.29, 1.82) is 0 Å². The van der Waals surface area contributed by atoms with Crippen LogP contribution in [0.15, 0.2) is 75.8 Å². The van der Waals surface area contributed by atoms with Gasteiger partial charge in [0.2, 0.25) is 5.56 Å². The molecule has 0 fully saturated rings. The summed E-state index contributed by atoms with van der Waals surface area (Å²) in [7, 11) is 0. The van der Waals surface area contributed by atoms with Gasteiger partial charge in [-0.1, -0.05) is 23.8 Å². The molecule has 4 heteroatoms. The van der Waals surface area contributed by atoms with E-state index in [-0.39, 0.29) is 11.5 Å². The van der Waals surface area contributed by atoms with E-state index in [0.717, 1.165) is 29.7 Å². The minimum Gasteiger partial charge on any atom is -0.326 e. The zero-order chi connectivity index (χ0) is 18.9. The Labute approximate surface area is 159 Å². The van der Waals surface area contributed by atoms with Crippen LogP contribution < -0.4 is 5.56 Å². The van der Waals surface area contributed by atoms with E-state index in [1.54, 1.807) is 18.5 Å². The number of fused-ring (bicyclic) bond motifs is 4. The average molecular weight is 357 g/mol. The Hall–Kier alpha value is -3.01. The quantitative estimate of drug-likeness (QED) is 0.660. The Balaban J connectivity index is 1.79. The van der Waals surface area contributed by atoms with Crippen molar-refractivity contribution in [3.05, 3.63) is 93.2 Å². The van der Waals surface area contributed by atoms with Crippen molar-refractivity contribution >= 4 is 12.3 Å². The molecule has 4 rings (SSSR count). The van der Waals surface area contributed by atoms with E-state index in [1.807, 2.05) is 36.6 Å². The molecular formula is C23H23N3O. The first-order chi connectivity index (χ1) is 13.1. The molecule has 0 amide bonds. The lowest BCUT2D eigenvalue weighted by atomic mass is 9.63. The van der Waals surface area contributed by atoms with Crippen LogP contribution in [0.25, 0.3) is 6.08 Å². The molecule has 0 spiro atoms. The maximum Gasteiger partial charge on any atom is 0.248 e. The highest BCUT2D eigenvalue weighted by molar-refractivity contribution is 5.79. The molecule has 0 saturated heterocycles. The predicted octanol–water partition coefficient (Wildman–Crippen LogP) is 4.22. The summed E-state index contributed by atoms with van der Waals surface area (Å²) in [5.41, 5.74) is 5.40. The second-order valence-corrected chi connectivity index (χ2v) is 7.24. The summed E-state index contributed by atoms with van der Waals surface area (Å²) in [6.07, 6.45) is 15.6. The molecule has 2 aliphatic rings. The second kappa shape index (κ2) is 6.95. The monoisotopic (exact) mass is 357 g/mol. The van der Waals surface area contributed by atoms with Gasteiger partial charge in [0.1, 0.15) is 5.54 Å². The summed E-state index contributed by atoms with van der Waals surface area (Å²) in [5, 5.41) is 0. The maximum atomic E-state index is 11.9. The zero-order valence-electron chi connectivity index (χ0n) is 15.6. The molecule has 2 atom stereocenters. The molecule has 2 aliphatic carbocycles. The summed E-state index contributed by atoms with van der Waals surface area (Å²) < 4.78 is 0. The van der Waals surface area contributed by atoms with Crippen LogP contribution in [0.3, 0.4) is 0 Å². The highest BCUT2D eigenvalue weighted by Crippen LogP contribution is 2.51. The fourth-order valence-electron chi connectivity index (χ4n) is 4.45. The Morgan fingerprint density at radius 1 is 1.26 bits per heavy atom. The zero-order valence-corrected chi connectivity index (χ0v) is 15.6. The second-order valence-electron chi connectivity index (χ2n) is 7.24. The molecule has 2 aromatic rings. The van der Waals surface area contributed by atoms with Gasteiger partial charge in [0.05, 0.1) is 0 Å². The van der Waals surface area contributed by atoms with Crippen LogP contribution in [0, 0.1) is 5.92 Å². The summed E-state index contributed by atoms with van der Waals surface area (Å²) in [5.74, 6) is 0.288. The molecule has 0 saturated carbocycles. The molecule has 1 N–H and O–H groups in total. The summed E-state index contributed by atoms with van der Waals surface area (Å²) in [6, 6.07) is 7.49. The molecule has 2 bridgehead atoms. The Morgan fingerprint density at radius 2 is 2.07 bits per heavy atom. The van der Waals surface area contributed by atoms with Crippen molar-refractivity contribution in [2.45, 2.75) is 32.2 Å². The van der Waals surface area contributed by atoms with Crippen molar-refractivity contribution in [3.63, 3.8) is 0 Å². The lowest BCUT2D eigenvalue weighted by molar-refractivity contribution is 0.413. The Bertz CT molecular complexity index is 1030. The number of aromatic amines is 1. The molecule has 2 heterocycles. The minimum atomic E-state index is -0.432. The van der Waals surface area contributed by atoms with Crippen LogP contribution in [0.1, 0.15) is 37.1 Å². The van der Waals surface area contributed by atoms with Gasteiger partial charge in [-0.05, 0) is 55.7 Å². The van der Waals surface area contributed by atoms with E-state index < -0.39 is 5.54 Å². The van der Waals surface area contributed by atoms with E-state index in [9.17, 15) is 4.79 Å². The van der Waals surface area contributed by atoms with Crippen LogP contribution >= 0.6 is 0 Å². The Kier molecular flexibility index (Phi) is 4.48. The first-order valence-electron chi connectivity index (χ1n) is 9.31. The third-order valence-electron chi connectivity index (χ3n) is 5.45. The van der Waals surface area contributed by atoms with Crippen molar-refractivity contribution in [3.8, 4) is 0 Å². The molecular weight excluding hydrogens is 334 g/mol. The minimum absolute atomic E-state index is 0.0480. The lowest BCUT2D eigenvalue weighted by Crippen LogP contribution is -2.40. The average Bonchev–Trinajstić information content (AvgIpc) is 2.65. The standard InChI is InChI=1S/C23H23N3O/c1-3-19-18-13-16(2)15-23(19,20-6-7-22(27)26-21(20)14-18)25-10-4-5-17-8-11-24-12-9-17/h3-13,18H,14-15H2,1-2H3,(H,26,27)/b5-4?,19-3+,25-10?/t18-,23+/m0/s1. The number of pyridine rings is 2. The van der Waals surface area contributed by atoms with Crippen LogP contribution in [-0.2, 0) is 12.0 Å². The van der Waals surface area contributed by atoms with Crippen molar-refractivity contribution < 1.29 is 0 Å². The number of H-pyrrole nitrogens is 1. The lowest BCUT2D eigenvalue weighted by Gasteiger charge is -2.45. The molecule has 0 unspecified atom stereocenters. The van der Waals surface area contributed by atoms with E-state index in [2.05, 4.69) is 36.0 Å². The summed E-state index contributed by atoms with van der Waals surface area (Å²) in [4.78, 5) is 24.0. The van der Waals surface area contributed by atoms with Crippen LogP contribution in [0.4, 0.5) is 0 Å². The first kappa shape index (κ1) is 17.4. The van der Waals surface area contributed by atoms with Gasteiger partial charge in [-0.25, -0.2) is 0 Å². The molecule has 0 aliphatic heterocycles. The predicted molar refractivity (Wildman–Crippen MR) is 110 cm³/mol. The number of rotatable bonds is 3. The topological polar surface area (TPSA) is 58.1 Å². The van der Waals surface area contributed by atoms with Gasteiger partial charge in [-0.3, -0.25) is 14.8 Å². The van der Waals surface area contributed by atoms with Gasteiger partial charge in [-0.2, -0.15) is 0 Å². The van der Waals surface area contributed by atoms with Gasteiger partial charge in [0.25, 0.3) is 0 Å². The smallest absolute Gasteiger partial charge is 0.248 e. The highest BCUT2D eigenvalue weighted by atomic mass is 16.1. The highest BCUT2D eigenvalue weighted by Gasteiger charge is 2.46. The number of hydrogen-bond donors (Lipinski definition) is 1. The van der Waals surface area contributed by atoms with E-state index >= 15 is 0 Å². The fourth-order valence-corrected chi connectivity index (χ4v) is 4.45. The number of aromatic nitrogens is 2. The summed E-state index contributed by atoms with van der Waals surface area (Å²) >= 11 is 0. The van der Waals surface area contributed by atoms with Crippen molar-refractivity contribution in [1.82, 2.24) is 9.97 Å². The van der Waals surface area contributed by atoms with Gasteiger partial charge in [-0.15, -0.1) is 0 Å². The van der Waals surface area contributed by atoms with Gasteiger partial charge in [0, 0.05) is 48.3 Å². The number of hydrogen-bond acceptors (Lipinski definition) is 3. The van der Waals surface area contributed by atoms with Crippen LogP contribution in [-0.4, -0.2) is 16.2 Å². The summed E-state index contributed by atoms with van der Waals surface area (Å²) in [6.45, 7) is 4.26. The molecule has 0 aromatic carbocycles. The van der Waals surface area contributed by atoms with Gasteiger partial charge < -0.3 is 4.98 Å². The van der Waals surface area contributed by atoms with Crippen LogP contribution in [0.2, 0.25) is 0 Å². The van der Waals surface area contributed by atoms with E-state index in [4.69, 9.17) is 4.99 Å². The fraction of sp³-hybridized carbons (Fsp3) is 0.261. The normalized spacial score (nSPS) is 25.8. The Morgan fingerprint density at radius 3 is 2.85 bits per heavy atom. The number of aliphatic imine (C=N–C) groups is 1. The van der Waals surface area contributed by atoms with Crippen molar-refractivity contribution in [2.75, 3.05) is 0 Å². The first-order valence-corrected chi connectivity index (χ1v) is 9.31. The molecule has 0 radical (unpaired) electrons. The molecule has 2 aromatic heterocycles. The van der Waals surface area contributed by atoms with Crippen LogP contribution in [0.5, 0.6) is 0 Å². The molecule has 27 heavy (non-hydrogen) atoms. The largest absolute Gasteiger partial charge is 0.326 e. The maximum absolute atomic E-state index is 11.9. The SMILES string of the molecule is C/C=C1\[C@H]2C=C(C)C[C@]1(N=CC=Cc1ccncc1)c1ccc(=O)[nH]c1C2. The number of allylic oxidation sites excluding steroid dienone is 3. The van der Waals surface area contributed by atoms with E-state index in [1.165, 1.54) is 11.1 Å². The van der Waals surface area contributed by atoms with Crippen molar-refractivity contribution in [2.24, 2.45) is 10.9 Å². The third-order valence-corrected chi connectivity index (χ3v) is 5.45. The van der Waals surface area contributed by atoms with Gasteiger partial charge in [0.15, 0.2) is 0 Å². The third kappa shape index (κ3) is 3.12. The number of nitrogens with zero attached hydrogens (tertiary/aromatic N) is 2. The molecule has 136 valence electrons. The number of nitrogens with one attached hydrogen (secondary N) is 1. The molecule has 4 nitrogen and oxygen atoms in total.